The van der Waals surface area contributed by atoms with E-state index in [4.69, 9.17) is 15.1 Å². The van der Waals surface area contributed by atoms with Gasteiger partial charge in [0.25, 0.3) is 0 Å². The van der Waals surface area contributed by atoms with Gasteiger partial charge in [0.05, 0.1) is 0 Å². The monoisotopic (exact) mass is 82.0 g/mol. The first-order valence-corrected chi connectivity index (χ1v) is 0.707. The summed E-state index contributed by atoms with van der Waals surface area (Å²) in [4.78, 5) is 0. The molecule has 2 radical (unpaired) electrons. The SMILES string of the molecule is [Na+].[O]B([O])[O-]. The Bertz CT molecular complexity index is 11.6. The maximum Gasteiger partial charge on any atom is 1.00 e. The van der Waals surface area contributed by atoms with Crippen LogP contribution in [0.15, 0.2) is 0 Å². The van der Waals surface area contributed by atoms with Crippen LogP contribution in [-0.2, 0) is 10.0 Å². The minimum atomic E-state index is -2.92. The standard InChI is InChI=1S/BO3.Na/c2-1(3)4;/q-1;+1. The van der Waals surface area contributed by atoms with Crippen molar-refractivity contribution in [1.82, 2.24) is 0 Å². The number of hydrogen-bond acceptors (Lipinski definition) is 1. The van der Waals surface area contributed by atoms with Crippen LogP contribution in [0.4, 0.5) is 0 Å². The van der Waals surface area contributed by atoms with Crippen LogP contribution in [-0.4, -0.2) is 7.32 Å². The first-order valence-electron chi connectivity index (χ1n) is 0.707. The fourth-order valence-corrected chi connectivity index (χ4v) is 0. The number of hydrogen-bond donors (Lipinski definition) is 0. The van der Waals surface area contributed by atoms with E-state index in [0.29, 0.717) is 0 Å². The Labute approximate surface area is 52.1 Å². The maximum atomic E-state index is 8.42. The van der Waals surface area contributed by atoms with Crippen LogP contribution in [0, 0.1) is 0 Å². The normalized spacial score (nSPS) is 5.40. The van der Waals surface area contributed by atoms with E-state index in [1.54, 1.807) is 0 Å². The fraction of sp³-hybridized carbons (Fsp3) is 0. The molecule has 0 aromatic heterocycles. The average molecular weight is 81.8 g/mol. The van der Waals surface area contributed by atoms with E-state index in [1.165, 1.54) is 0 Å². The molecule has 0 atom stereocenters. The zero-order chi connectivity index (χ0) is 3.58. The van der Waals surface area contributed by atoms with E-state index in [0.717, 1.165) is 0 Å². The van der Waals surface area contributed by atoms with Gasteiger partial charge in [-0.15, -0.1) is 0 Å². The van der Waals surface area contributed by atoms with Crippen molar-refractivity contribution in [2.75, 3.05) is 0 Å². The molecule has 0 amide bonds. The van der Waals surface area contributed by atoms with Gasteiger partial charge in [-0.1, -0.05) is 0 Å². The Morgan fingerprint density at radius 2 is 1.40 bits per heavy atom. The van der Waals surface area contributed by atoms with E-state index in [1.807, 2.05) is 0 Å². The summed E-state index contributed by atoms with van der Waals surface area (Å²) in [5.41, 5.74) is 0. The molecule has 0 aliphatic rings. The quantitative estimate of drug-likeness (QED) is 0.270. The molecular formula is BNaO3. The molecule has 0 aliphatic carbocycles. The molecule has 5 heavy (non-hydrogen) atoms. The Morgan fingerprint density at radius 1 is 1.40 bits per heavy atom. The molecule has 0 saturated carbocycles. The summed E-state index contributed by atoms with van der Waals surface area (Å²) in [6, 6.07) is 0. The minimum absolute atomic E-state index is 0. The van der Waals surface area contributed by atoms with E-state index < -0.39 is 7.32 Å². The first-order chi connectivity index (χ1) is 1.73. The van der Waals surface area contributed by atoms with Gasteiger partial charge in [-0.3, -0.25) is 10.0 Å². The zero-order valence-corrected chi connectivity index (χ0v) is 4.80. The molecule has 0 aromatic rings. The van der Waals surface area contributed by atoms with Crippen molar-refractivity contribution >= 4 is 7.32 Å². The molecule has 0 N–H and O–H groups in total. The third-order valence-electron chi connectivity index (χ3n) is 0. The fourth-order valence-electron chi connectivity index (χ4n) is 0. The van der Waals surface area contributed by atoms with Gasteiger partial charge in [0.1, 0.15) is 0 Å². The smallest absolute Gasteiger partial charge is 0.828 e. The summed E-state index contributed by atoms with van der Waals surface area (Å²) in [6.07, 6.45) is 0. The predicted octanol–water partition coefficient (Wildman–Crippen LogP) is -4.80. The summed E-state index contributed by atoms with van der Waals surface area (Å²) >= 11 is 0. The Morgan fingerprint density at radius 3 is 1.40 bits per heavy atom. The van der Waals surface area contributed by atoms with E-state index in [2.05, 4.69) is 0 Å². The summed E-state index contributed by atoms with van der Waals surface area (Å²) in [6.45, 7) is 0. The first kappa shape index (κ1) is 9.34. The molecule has 0 saturated heterocycles. The van der Waals surface area contributed by atoms with Gasteiger partial charge >= 0.3 is 36.9 Å². The van der Waals surface area contributed by atoms with Crippen molar-refractivity contribution in [3.8, 4) is 0 Å². The second-order valence-electron chi connectivity index (χ2n) is 0.289. The second kappa shape index (κ2) is 4.94. The summed E-state index contributed by atoms with van der Waals surface area (Å²) in [7, 11) is -2.92. The Balaban J connectivity index is 0. The molecule has 0 unspecified atom stereocenters. The van der Waals surface area contributed by atoms with Crippen LogP contribution in [0.25, 0.3) is 0 Å². The molecule has 0 fully saturated rings. The minimum Gasteiger partial charge on any atom is -0.828 e. The van der Waals surface area contributed by atoms with E-state index in [-0.39, 0.29) is 29.6 Å². The molecular weight excluding hydrogens is 81.8 g/mol. The van der Waals surface area contributed by atoms with Crippen LogP contribution in [0.3, 0.4) is 0 Å². The average Bonchev–Trinajstić information content (AvgIpc) is 0.811. The van der Waals surface area contributed by atoms with Crippen LogP contribution in [0.5, 0.6) is 0 Å². The van der Waals surface area contributed by atoms with E-state index in [9.17, 15) is 0 Å². The van der Waals surface area contributed by atoms with Gasteiger partial charge in [0.15, 0.2) is 0 Å². The molecule has 3 nitrogen and oxygen atoms in total. The third kappa shape index (κ3) is 48.0. The molecule has 0 rings (SSSR count). The summed E-state index contributed by atoms with van der Waals surface area (Å²) < 4.78 is 0. The van der Waals surface area contributed by atoms with Gasteiger partial charge in [-0.05, 0) is 0 Å². The molecule has 0 bridgehead atoms. The largest absolute Gasteiger partial charge is 1.00 e. The Kier molecular flexibility index (Phi) is 9.24. The summed E-state index contributed by atoms with van der Waals surface area (Å²) in [5.74, 6) is 0. The van der Waals surface area contributed by atoms with Crippen molar-refractivity contribution in [2.45, 2.75) is 0 Å². The Hall–Kier alpha value is 0.945. The van der Waals surface area contributed by atoms with Crippen molar-refractivity contribution in [3.05, 3.63) is 0 Å². The van der Waals surface area contributed by atoms with Gasteiger partial charge in [-0.2, -0.15) is 0 Å². The third-order valence-corrected chi connectivity index (χ3v) is 0. The van der Waals surface area contributed by atoms with Crippen molar-refractivity contribution < 1.29 is 44.6 Å². The molecule has 5 heteroatoms. The molecule has 0 spiro atoms. The van der Waals surface area contributed by atoms with Gasteiger partial charge < -0.3 is 5.02 Å². The zero-order valence-electron chi connectivity index (χ0n) is 2.80. The van der Waals surface area contributed by atoms with Crippen LogP contribution < -0.4 is 34.6 Å². The number of rotatable bonds is 0. The molecule has 0 aliphatic heterocycles. The topological polar surface area (TPSA) is 62.9 Å². The van der Waals surface area contributed by atoms with Gasteiger partial charge in [-0.25, -0.2) is 0 Å². The van der Waals surface area contributed by atoms with Crippen molar-refractivity contribution in [3.63, 3.8) is 0 Å². The second-order valence-corrected chi connectivity index (χ2v) is 0.289. The van der Waals surface area contributed by atoms with Crippen molar-refractivity contribution in [1.29, 1.82) is 0 Å². The van der Waals surface area contributed by atoms with Crippen molar-refractivity contribution in [2.24, 2.45) is 0 Å². The molecule has 0 aromatic carbocycles. The van der Waals surface area contributed by atoms with Gasteiger partial charge in [0.2, 0.25) is 0 Å². The van der Waals surface area contributed by atoms with Gasteiger partial charge in [0, 0.05) is 0 Å². The van der Waals surface area contributed by atoms with Crippen LogP contribution in [0.1, 0.15) is 0 Å². The van der Waals surface area contributed by atoms with Crippen LogP contribution >= 0.6 is 0 Å². The van der Waals surface area contributed by atoms with E-state index >= 15 is 0 Å². The maximum absolute atomic E-state index is 8.42. The molecule has 0 heterocycles. The molecule has 22 valence electrons. The summed E-state index contributed by atoms with van der Waals surface area (Å²) in [5, 5.41) is 25.2. The predicted molar refractivity (Wildman–Crippen MR) is 7.13 cm³/mol. The van der Waals surface area contributed by atoms with Crippen LogP contribution in [0.2, 0.25) is 0 Å².